The van der Waals surface area contributed by atoms with E-state index >= 15 is 0 Å². The van der Waals surface area contributed by atoms with Crippen LogP contribution in [0.1, 0.15) is 64.7 Å². The summed E-state index contributed by atoms with van der Waals surface area (Å²) in [6, 6.07) is 0.248. The first kappa shape index (κ1) is 18.0. The van der Waals surface area contributed by atoms with E-state index in [-0.39, 0.29) is 17.9 Å². The number of nitrogens with one attached hydrogen (secondary N) is 1. The zero-order valence-electron chi connectivity index (χ0n) is 13.4. The predicted octanol–water partition coefficient (Wildman–Crippen LogP) is 1.80. The summed E-state index contributed by atoms with van der Waals surface area (Å²) in [6.07, 6.45) is 8.13. The molecule has 0 atom stereocenters. The quantitative estimate of drug-likeness (QED) is 0.637. The molecule has 1 rings (SSSR count). The van der Waals surface area contributed by atoms with Crippen LogP contribution in [0.5, 0.6) is 0 Å². The average Bonchev–Trinajstić information content (AvgIpc) is 2.48. The Kier molecular flexibility index (Phi) is 9.06. The Morgan fingerprint density at radius 2 is 1.76 bits per heavy atom. The highest BCUT2D eigenvalue weighted by Crippen LogP contribution is 2.13. The summed E-state index contributed by atoms with van der Waals surface area (Å²) in [5.74, 6) is 0.406. The van der Waals surface area contributed by atoms with Crippen LogP contribution in [0, 0.1) is 0 Å². The molecule has 5 heteroatoms. The standard InChI is InChI=1S/C16H31N3O2/c1-2-7-15(20)18-14-9-12-19(13-10-14)16(21)8-5-3-4-6-11-17/h14H,2-13,17H2,1H3,(H,18,20). The first-order chi connectivity index (χ1) is 10.2. The van der Waals surface area contributed by atoms with E-state index in [9.17, 15) is 9.59 Å². The fourth-order valence-electron chi connectivity index (χ4n) is 2.73. The second-order valence-corrected chi connectivity index (χ2v) is 5.93. The lowest BCUT2D eigenvalue weighted by molar-refractivity contribution is -0.132. The topological polar surface area (TPSA) is 75.4 Å². The molecule has 1 aliphatic rings. The molecule has 1 aliphatic heterocycles. The van der Waals surface area contributed by atoms with Crippen LogP contribution in [0.25, 0.3) is 0 Å². The maximum atomic E-state index is 12.1. The number of amides is 2. The SMILES string of the molecule is CCCC(=O)NC1CCN(C(=O)CCCCCCN)CC1. The Morgan fingerprint density at radius 1 is 1.10 bits per heavy atom. The van der Waals surface area contributed by atoms with Gasteiger partial charge in [-0.25, -0.2) is 0 Å². The molecule has 0 bridgehead atoms. The van der Waals surface area contributed by atoms with Gasteiger partial charge in [-0.15, -0.1) is 0 Å². The zero-order valence-corrected chi connectivity index (χ0v) is 13.4. The van der Waals surface area contributed by atoms with Crippen LogP contribution in [-0.4, -0.2) is 42.4 Å². The van der Waals surface area contributed by atoms with Crippen molar-refractivity contribution in [3.05, 3.63) is 0 Å². The summed E-state index contributed by atoms with van der Waals surface area (Å²) < 4.78 is 0. The van der Waals surface area contributed by atoms with Gasteiger partial charge in [0.2, 0.25) is 11.8 Å². The molecule has 1 saturated heterocycles. The number of nitrogens with zero attached hydrogens (tertiary/aromatic N) is 1. The van der Waals surface area contributed by atoms with Crippen LogP contribution >= 0.6 is 0 Å². The van der Waals surface area contributed by atoms with Crippen molar-refractivity contribution < 1.29 is 9.59 Å². The smallest absolute Gasteiger partial charge is 0.222 e. The minimum atomic E-state index is 0.141. The zero-order chi connectivity index (χ0) is 15.5. The number of likely N-dealkylation sites (tertiary alicyclic amines) is 1. The molecular weight excluding hydrogens is 266 g/mol. The summed E-state index contributed by atoms with van der Waals surface area (Å²) in [5, 5.41) is 3.06. The molecular formula is C16H31N3O2. The predicted molar refractivity (Wildman–Crippen MR) is 84.8 cm³/mol. The third-order valence-electron chi connectivity index (χ3n) is 4.03. The van der Waals surface area contributed by atoms with Gasteiger partial charge in [0, 0.05) is 32.0 Å². The molecule has 0 aliphatic carbocycles. The van der Waals surface area contributed by atoms with E-state index in [1.807, 2.05) is 11.8 Å². The Bertz CT molecular complexity index is 313. The molecule has 0 saturated carbocycles. The molecule has 5 nitrogen and oxygen atoms in total. The van der Waals surface area contributed by atoms with Crippen molar-refractivity contribution in [2.45, 2.75) is 70.8 Å². The van der Waals surface area contributed by atoms with Crippen molar-refractivity contribution in [2.24, 2.45) is 5.73 Å². The van der Waals surface area contributed by atoms with Gasteiger partial charge >= 0.3 is 0 Å². The summed E-state index contributed by atoms with van der Waals surface area (Å²) in [7, 11) is 0. The minimum absolute atomic E-state index is 0.141. The molecule has 0 radical (unpaired) electrons. The van der Waals surface area contributed by atoms with Crippen LogP contribution in [0.15, 0.2) is 0 Å². The van der Waals surface area contributed by atoms with Gasteiger partial charge < -0.3 is 16.0 Å². The molecule has 21 heavy (non-hydrogen) atoms. The lowest BCUT2D eigenvalue weighted by Crippen LogP contribution is -2.46. The largest absolute Gasteiger partial charge is 0.353 e. The van der Waals surface area contributed by atoms with E-state index in [1.165, 1.54) is 0 Å². The third kappa shape index (κ3) is 7.46. The van der Waals surface area contributed by atoms with E-state index in [2.05, 4.69) is 5.32 Å². The molecule has 2 amide bonds. The lowest BCUT2D eigenvalue weighted by atomic mass is 10.0. The maximum Gasteiger partial charge on any atom is 0.222 e. The molecule has 3 N–H and O–H groups in total. The molecule has 0 unspecified atom stereocenters. The van der Waals surface area contributed by atoms with Gasteiger partial charge in [0.05, 0.1) is 0 Å². The third-order valence-corrected chi connectivity index (χ3v) is 4.03. The number of unbranched alkanes of at least 4 members (excludes halogenated alkanes) is 3. The lowest BCUT2D eigenvalue weighted by Gasteiger charge is -2.32. The average molecular weight is 297 g/mol. The van der Waals surface area contributed by atoms with Crippen molar-refractivity contribution in [3.63, 3.8) is 0 Å². The van der Waals surface area contributed by atoms with Crippen LogP contribution in [0.2, 0.25) is 0 Å². The number of piperidine rings is 1. The highest BCUT2D eigenvalue weighted by atomic mass is 16.2. The van der Waals surface area contributed by atoms with Gasteiger partial charge in [-0.3, -0.25) is 9.59 Å². The number of rotatable bonds is 9. The maximum absolute atomic E-state index is 12.1. The van der Waals surface area contributed by atoms with Gasteiger partial charge in [0.25, 0.3) is 0 Å². The van der Waals surface area contributed by atoms with E-state index in [0.717, 1.165) is 64.6 Å². The Hall–Kier alpha value is -1.10. The van der Waals surface area contributed by atoms with Crippen LogP contribution < -0.4 is 11.1 Å². The number of hydrogen-bond donors (Lipinski definition) is 2. The Morgan fingerprint density at radius 3 is 2.38 bits per heavy atom. The first-order valence-electron chi connectivity index (χ1n) is 8.44. The summed E-state index contributed by atoms with van der Waals surface area (Å²) >= 11 is 0. The Balaban J connectivity index is 2.14. The van der Waals surface area contributed by atoms with Crippen LogP contribution in [0.3, 0.4) is 0 Å². The molecule has 0 aromatic heterocycles. The fraction of sp³-hybridized carbons (Fsp3) is 0.875. The van der Waals surface area contributed by atoms with Gasteiger partial charge in [0.15, 0.2) is 0 Å². The van der Waals surface area contributed by atoms with Gasteiger partial charge in [0.1, 0.15) is 0 Å². The van der Waals surface area contributed by atoms with Crippen molar-refractivity contribution in [1.29, 1.82) is 0 Å². The highest BCUT2D eigenvalue weighted by molar-refractivity contribution is 5.77. The second kappa shape index (κ2) is 10.6. The molecule has 122 valence electrons. The number of carbonyl (C=O) groups is 2. The van der Waals surface area contributed by atoms with Crippen molar-refractivity contribution in [1.82, 2.24) is 10.2 Å². The fourth-order valence-corrected chi connectivity index (χ4v) is 2.73. The van der Waals surface area contributed by atoms with E-state index in [1.54, 1.807) is 0 Å². The summed E-state index contributed by atoms with van der Waals surface area (Å²) in [6.45, 7) is 4.30. The second-order valence-electron chi connectivity index (χ2n) is 5.93. The first-order valence-corrected chi connectivity index (χ1v) is 8.44. The summed E-state index contributed by atoms with van der Waals surface area (Å²) in [5.41, 5.74) is 5.45. The highest BCUT2D eigenvalue weighted by Gasteiger charge is 2.23. The van der Waals surface area contributed by atoms with Crippen LogP contribution in [-0.2, 0) is 9.59 Å². The minimum Gasteiger partial charge on any atom is -0.353 e. The monoisotopic (exact) mass is 297 g/mol. The normalized spacial score (nSPS) is 16.0. The van der Waals surface area contributed by atoms with Crippen molar-refractivity contribution in [2.75, 3.05) is 19.6 Å². The number of hydrogen-bond acceptors (Lipinski definition) is 3. The van der Waals surface area contributed by atoms with Gasteiger partial charge in [-0.1, -0.05) is 19.8 Å². The number of nitrogens with two attached hydrogens (primary N) is 1. The van der Waals surface area contributed by atoms with E-state index in [0.29, 0.717) is 12.8 Å². The molecule has 0 aromatic rings. The molecule has 1 heterocycles. The van der Waals surface area contributed by atoms with Crippen LogP contribution in [0.4, 0.5) is 0 Å². The molecule has 1 fully saturated rings. The summed E-state index contributed by atoms with van der Waals surface area (Å²) in [4.78, 5) is 25.6. The van der Waals surface area contributed by atoms with E-state index < -0.39 is 0 Å². The van der Waals surface area contributed by atoms with Crippen molar-refractivity contribution in [3.8, 4) is 0 Å². The van der Waals surface area contributed by atoms with Crippen molar-refractivity contribution >= 4 is 11.8 Å². The van der Waals surface area contributed by atoms with Gasteiger partial charge in [-0.05, 0) is 38.6 Å². The molecule has 0 aromatic carbocycles. The number of carbonyl (C=O) groups excluding carboxylic acids is 2. The van der Waals surface area contributed by atoms with Gasteiger partial charge in [-0.2, -0.15) is 0 Å². The molecule has 0 spiro atoms. The van der Waals surface area contributed by atoms with E-state index in [4.69, 9.17) is 5.73 Å². The Labute approximate surface area is 128 Å².